The Balaban J connectivity index is 1.38. The number of para-hydroxylation sites is 1. The minimum absolute atomic E-state index is 0.0620. The number of carbonyl (C=O) groups is 1. The summed E-state index contributed by atoms with van der Waals surface area (Å²) in [5.74, 6) is 0.854. The van der Waals surface area contributed by atoms with Crippen LogP contribution in [0.4, 0.5) is 0 Å². The van der Waals surface area contributed by atoms with E-state index in [2.05, 4.69) is 9.88 Å². The number of fused-ring (bicyclic) bond motifs is 1. The van der Waals surface area contributed by atoms with Gasteiger partial charge >= 0.3 is 0 Å². The van der Waals surface area contributed by atoms with E-state index in [0.29, 0.717) is 18.7 Å². The van der Waals surface area contributed by atoms with Gasteiger partial charge < -0.3 is 9.64 Å². The maximum absolute atomic E-state index is 13.6. The first-order valence-electron chi connectivity index (χ1n) is 11.2. The van der Waals surface area contributed by atoms with Crippen LogP contribution in [0.15, 0.2) is 79.1 Å². The third-order valence-corrected chi connectivity index (χ3v) is 6.15. The fourth-order valence-electron chi connectivity index (χ4n) is 4.29. The number of methoxy groups -OCH3 is 1. The number of aromatic nitrogens is 2. The Hall–Kier alpha value is -3.77. The molecule has 5 rings (SSSR count). The van der Waals surface area contributed by atoms with Gasteiger partial charge in [-0.3, -0.25) is 14.7 Å². The van der Waals surface area contributed by atoms with Gasteiger partial charge in [0, 0.05) is 56.1 Å². The molecule has 0 N–H and O–H groups in total. The predicted molar refractivity (Wildman–Crippen MR) is 129 cm³/mol. The van der Waals surface area contributed by atoms with Crippen molar-refractivity contribution in [3.05, 3.63) is 90.3 Å². The van der Waals surface area contributed by atoms with Gasteiger partial charge in [-0.2, -0.15) is 0 Å². The van der Waals surface area contributed by atoms with Gasteiger partial charge in [0.25, 0.3) is 5.91 Å². The summed E-state index contributed by atoms with van der Waals surface area (Å²) in [5.41, 5.74) is 4.52. The first-order chi connectivity index (χ1) is 16.2. The fraction of sp³-hybridized carbons (Fsp3) is 0.222. The van der Waals surface area contributed by atoms with Crippen LogP contribution in [0.1, 0.15) is 15.9 Å². The molecule has 2 aromatic carbocycles. The highest BCUT2D eigenvalue weighted by molar-refractivity contribution is 6.07. The fourth-order valence-corrected chi connectivity index (χ4v) is 4.29. The van der Waals surface area contributed by atoms with Crippen molar-refractivity contribution in [2.24, 2.45) is 0 Å². The Labute approximate surface area is 193 Å². The van der Waals surface area contributed by atoms with Crippen LogP contribution in [-0.2, 0) is 6.54 Å². The van der Waals surface area contributed by atoms with Crippen LogP contribution < -0.4 is 4.74 Å². The smallest absolute Gasteiger partial charge is 0.254 e. The van der Waals surface area contributed by atoms with Gasteiger partial charge in [0.2, 0.25) is 0 Å². The molecule has 6 heteroatoms. The van der Waals surface area contributed by atoms with E-state index in [0.717, 1.165) is 47.5 Å². The summed E-state index contributed by atoms with van der Waals surface area (Å²) >= 11 is 0. The second-order valence-electron chi connectivity index (χ2n) is 8.22. The van der Waals surface area contributed by atoms with Crippen molar-refractivity contribution < 1.29 is 9.53 Å². The number of benzene rings is 2. The van der Waals surface area contributed by atoms with E-state index >= 15 is 0 Å². The summed E-state index contributed by atoms with van der Waals surface area (Å²) in [7, 11) is 1.65. The molecule has 6 nitrogen and oxygen atoms in total. The molecular weight excluding hydrogens is 412 g/mol. The zero-order valence-electron chi connectivity index (χ0n) is 18.6. The number of piperazine rings is 1. The second kappa shape index (κ2) is 9.38. The van der Waals surface area contributed by atoms with E-state index < -0.39 is 0 Å². The monoisotopic (exact) mass is 438 g/mol. The molecule has 1 aliphatic heterocycles. The third kappa shape index (κ3) is 4.56. The minimum atomic E-state index is 0.0620. The number of amides is 1. The average molecular weight is 439 g/mol. The number of pyridine rings is 2. The zero-order valence-corrected chi connectivity index (χ0v) is 18.6. The summed E-state index contributed by atoms with van der Waals surface area (Å²) in [6.45, 7) is 3.99. The van der Waals surface area contributed by atoms with Gasteiger partial charge in [-0.15, -0.1) is 0 Å². The van der Waals surface area contributed by atoms with E-state index in [-0.39, 0.29) is 5.91 Å². The molecule has 33 heavy (non-hydrogen) atoms. The standard InChI is InChI=1S/C27H26N4O2/c1-33-22-8-6-21(7-9-22)26-18-24(23-4-2-3-5-25(23)29-26)27(32)31-16-14-30(15-17-31)19-20-10-12-28-13-11-20/h2-13,18H,14-17,19H2,1H3. The van der Waals surface area contributed by atoms with Crippen molar-refractivity contribution in [2.45, 2.75) is 6.54 Å². The maximum Gasteiger partial charge on any atom is 0.254 e. The number of ether oxygens (including phenoxy) is 1. The molecule has 4 aromatic rings. The number of nitrogens with zero attached hydrogens (tertiary/aromatic N) is 4. The largest absolute Gasteiger partial charge is 0.497 e. The Morgan fingerprint density at radius 3 is 2.39 bits per heavy atom. The van der Waals surface area contributed by atoms with Crippen molar-refractivity contribution in [1.82, 2.24) is 19.8 Å². The first-order valence-corrected chi connectivity index (χ1v) is 11.2. The van der Waals surface area contributed by atoms with Crippen LogP contribution in [0.25, 0.3) is 22.2 Å². The summed E-state index contributed by atoms with van der Waals surface area (Å²) in [6, 6.07) is 21.6. The van der Waals surface area contributed by atoms with Gasteiger partial charge in [-0.25, -0.2) is 4.98 Å². The lowest BCUT2D eigenvalue weighted by Gasteiger charge is -2.35. The zero-order chi connectivity index (χ0) is 22.6. The van der Waals surface area contributed by atoms with Crippen LogP contribution in [0.3, 0.4) is 0 Å². The molecular formula is C27H26N4O2. The highest BCUT2D eigenvalue weighted by Gasteiger charge is 2.24. The molecule has 1 fully saturated rings. The van der Waals surface area contributed by atoms with E-state index in [4.69, 9.17) is 9.72 Å². The molecule has 0 bridgehead atoms. The minimum Gasteiger partial charge on any atom is -0.497 e. The summed E-state index contributed by atoms with van der Waals surface area (Å²) in [5, 5.41) is 0.888. The Morgan fingerprint density at radius 2 is 1.67 bits per heavy atom. The topological polar surface area (TPSA) is 58.6 Å². The lowest BCUT2D eigenvalue weighted by atomic mass is 10.0. The number of hydrogen-bond donors (Lipinski definition) is 0. The third-order valence-electron chi connectivity index (χ3n) is 6.15. The molecule has 0 spiro atoms. The predicted octanol–water partition coefficient (Wildman–Crippen LogP) is 4.26. The van der Waals surface area contributed by atoms with E-state index in [1.807, 2.05) is 84.0 Å². The van der Waals surface area contributed by atoms with E-state index in [1.54, 1.807) is 7.11 Å². The molecule has 2 aromatic heterocycles. The highest BCUT2D eigenvalue weighted by Crippen LogP contribution is 2.27. The molecule has 1 saturated heterocycles. The number of rotatable bonds is 5. The highest BCUT2D eigenvalue weighted by atomic mass is 16.5. The molecule has 166 valence electrons. The molecule has 1 amide bonds. The number of carbonyl (C=O) groups excluding carboxylic acids is 1. The molecule has 0 unspecified atom stereocenters. The van der Waals surface area contributed by atoms with Crippen molar-refractivity contribution in [3.63, 3.8) is 0 Å². The first kappa shape index (κ1) is 21.1. The lowest BCUT2D eigenvalue weighted by molar-refractivity contribution is 0.0630. The summed E-state index contributed by atoms with van der Waals surface area (Å²) in [4.78, 5) is 26.9. The Kier molecular flexibility index (Phi) is 6.00. The number of hydrogen-bond acceptors (Lipinski definition) is 5. The van der Waals surface area contributed by atoms with E-state index in [1.165, 1.54) is 5.56 Å². The molecule has 0 saturated carbocycles. The van der Waals surface area contributed by atoms with Gasteiger partial charge in [0.1, 0.15) is 5.75 Å². The van der Waals surface area contributed by atoms with Crippen LogP contribution >= 0.6 is 0 Å². The van der Waals surface area contributed by atoms with Gasteiger partial charge in [0.05, 0.1) is 23.9 Å². The second-order valence-corrected chi connectivity index (χ2v) is 8.22. The van der Waals surface area contributed by atoms with Crippen molar-refractivity contribution >= 4 is 16.8 Å². The Bertz CT molecular complexity index is 1250. The summed E-state index contributed by atoms with van der Waals surface area (Å²) < 4.78 is 5.27. The lowest BCUT2D eigenvalue weighted by Crippen LogP contribution is -2.48. The SMILES string of the molecule is COc1ccc(-c2cc(C(=O)N3CCN(Cc4ccncc4)CC3)c3ccccc3n2)cc1. The van der Waals surface area contributed by atoms with Crippen LogP contribution in [0.2, 0.25) is 0 Å². The molecule has 0 aliphatic carbocycles. The summed E-state index contributed by atoms with van der Waals surface area (Å²) in [6.07, 6.45) is 3.65. The van der Waals surface area contributed by atoms with Gasteiger partial charge in [0.15, 0.2) is 0 Å². The van der Waals surface area contributed by atoms with Crippen molar-refractivity contribution in [1.29, 1.82) is 0 Å². The van der Waals surface area contributed by atoms with Crippen LogP contribution in [0, 0.1) is 0 Å². The average Bonchev–Trinajstić information content (AvgIpc) is 2.89. The quantitative estimate of drug-likeness (QED) is 0.466. The van der Waals surface area contributed by atoms with Gasteiger partial charge in [-0.1, -0.05) is 18.2 Å². The van der Waals surface area contributed by atoms with E-state index in [9.17, 15) is 4.79 Å². The molecule has 0 atom stereocenters. The normalized spacial score (nSPS) is 14.4. The van der Waals surface area contributed by atoms with Gasteiger partial charge in [-0.05, 0) is 54.1 Å². The molecule has 1 aliphatic rings. The molecule has 3 heterocycles. The maximum atomic E-state index is 13.6. The van der Waals surface area contributed by atoms with Crippen molar-refractivity contribution in [2.75, 3.05) is 33.3 Å². The Morgan fingerprint density at radius 1 is 0.939 bits per heavy atom. The molecule has 0 radical (unpaired) electrons. The van der Waals surface area contributed by atoms with Crippen LogP contribution in [-0.4, -0.2) is 59.0 Å². The van der Waals surface area contributed by atoms with Crippen LogP contribution in [0.5, 0.6) is 5.75 Å². The van der Waals surface area contributed by atoms with Crippen molar-refractivity contribution in [3.8, 4) is 17.0 Å².